The summed E-state index contributed by atoms with van der Waals surface area (Å²) in [6, 6.07) is 7.03. The lowest BCUT2D eigenvalue weighted by Gasteiger charge is -2.19. The zero-order chi connectivity index (χ0) is 10.3. The van der Waals surface area contributed by atoms with E-state index in [9.17, 15) is 0 Å². The lowest BCUT2D eigenvalue weighted by Crippen LogP contribution is -2.20. The van der Waals surface area contributed by atoms with Gasteiger partial charge in [-0.1, -0.05) is 12.1 Å². The van der Waals surface area contributed by atoms with Crippen molar-refractivity contribution in [3.8, 4) is 0 Å². The quantitative estimate of drug-likeness (QED) is 0.827. The molecule has 2 N–H and O–H groups in total. The summed E-state index contributed by atoms with van der Waals surface area (Å²) in [5.41, 5.74) is 9.28. The van der Waals surface area contributed by atoms with E-state index in [0.29, 0.717) is 5.41 Å². The number of benzene rings is 1. The van der Waals surface area contributed by atoms with E-state index >= 15 is 0 Å². The second-order valence-electron chi connectivity index (χ2n) is 4.76. The molecule has 80 valence electrons. The van der Waals surface area contributed by atoms with Crippen LogP contribution in [0.4, 0.5) is 0 Å². The Balaban J connectivity index is 1.97. The molecule has 1 saturated carbocycles. The van der Waals surface area contributed by atoms with Crippen molar-refractivity contribution in [2.45, 2.75) is 36.0 Å². The third kappa shape index (κ3) is 1.60. The Labute approximate surface area is 95.4 Å². The van der Waals surface area contributed by atoms with Crippen LogP contribution in [0, 0.1) is 0 Å². The van der Waals surface area contributed by atoms with Crippen molar-refractivity contribution in [3.63, 3.8) is 0 Å². The molecule has 1 aromatic carbocycles. The van der Waals surface area contributed by atoms with Gasteiger partial charge in [0.1, 0.15) is 0 Å². The van der Waals surface area contributed by atoms with E-state index < -0.39 is 0 Å². The van der Waals surface area contributed by atoms with E-state index in [1.165, 1.54) is 41.9 Å². The van der Waals surface area contributed by atoms with Crippen LogP contribution in [0.25, 0.3) is 0 Å². The molecule has 0 amide bonds. The molecule has 2 heteroatoms. The van der Waals surface area contributed by atoms with Crippen LogP contribution in [0.5, 0.6) is 0 Å². The Bertz CT molecular complexity index is 382. The Hall–Kier alpha value is -0.470. The van der Waals surface area contributed by atoms with Crippen LogP contribution in [0.1, 0.15) is 30.4 Å². The maximum atomic E-state index is 5.87. The predicted octanol–water partition coefficient (Wildman–Crippen LogP) is 2.72. The van der Waals surface area contributed by atoms with Crippen LogP contribution < -0.4 is 5.73 Å². The molecule has 3 rings (SSSR count). The van der Waals surface area contributed by atoms with E-state index in [1.807, 2.05) is 11.8 Å². The predicted molar refractivity (Wildman–Crippen MR) is 65.5 cm³/mol. The molecule has 1 aromatic rings. The smallest absolute Gasteiger partial charge is 0.0104 e. The maximum absolute atomic E-state index is 5.87. The van der Waals surface area contributed by atoms with Crippen molar-refractivity contribution in [1.29, 1.82) is 0 Å². The van der Waals surface area contributed by atoms with Crippen molar-refractivity contribution < 1.29 is 0 Å². The van der Waals surface area contributed by atoms with Crippen molar-refractivity contribution >= 4 is 11.8 Å². The molecule has 15 heavy (non-hydrogen) atoms. The number of nitrogens with two attached hydrogens (primary N) is 1. The third-order valence-electron chi connectivity index (χ3n) is 3.77. The van der Waals surface area contributed by atoms with Gasteiger partial charge in [-0.25, -0.2) is 0 Å². The van der Waals surface area contributed by atoms with E-state index in [-0.39, 0.29) is 0 Å². The van der Waals surface area contributed by atoms with Gasteiger partial charge in [0, 0.05) is 16.9 Å². The van der Waals surface area contributed by atoms with Crippen LogP contribution in [-0.2, 0) is 11.8 Å². The van der Waals surface area contributed by atoms with E-state index in [1.54, 1.807) is 5.56 Å². The Morgan fingerprint density at radius 3 is 2.93 bits per heavy atom. The number of thioether (sulfide) groups is 1. The molecule has 0 aromatic heterocycles. The van der Waals surface area contributed by atoms with Gasteiger partial charge in [-0.3, -0.25) is 0 Å². The fourth-order valence-corrected chi connectivity index (χ4v) is 3.47. The maximum Gasteiger partial charge on any atom is 0.0104 e. The fourth-order valence-electron chi connectivity index (χ4n) is 2.45. The van der Waals surface area contributed by atoms with Gasteiger partial charge in [0.25, 0.3) is 0 Å². The van der Waals surface area contributed by atoms with Gasteiger partial charge in [-0.05, 0) is 48.6 Å². The summed E-state index contributed by atoms with van der Waals surface area (Å²) in [4.78, 5) is 1.50. The van der Waals surface area contributed by atoms with Crippen molar-refractivity contribution in [2.24, 2.45) is 5.73 Å². The third-order valence-corrected chi connectivity index (χ3v) is 4.97. The van der Waals surface area contributed by atoms with Crippen molar-refractivity contribution in [2.75, 3.05) is 12.3 Å². The normalized spacial score (nSPS) is 22.2. The average molecular weight is 219 g/mol. The molecule has 0 bridgehead atoms. The lowest BCUT2D eigenvalue weighted by atomic mass is 9.93. The standard InChI is InChI=1S/C13H17NS/c14-9-13(5-6-13)11-3-4-12-10(8-11)2-1-7-15-12/h3-4,8H,1-2,5-7,9,14H2. The first-order valence-corrected chi connectivity index (χ1v) is 6.79. The summed E-state index contributed by atoms with van der Waals surface area (Å²) in [7, 11) is 0. The Morgan fingerprint density at radius 2 is 2.20 bits per heavy atom. The second kappa shape index (κ2) is 3.53. The van der Waals surface area contributed by atoms with Gasteiger partial charge in [0.05, 0.1) is 0 Å². The summed E-state index contributed by atoms with van der Waals surface area (Å²) < 4.78 is 0. The highest BCUT2D eigenvalue weighted by molar-refractivity contribution is 7.99. The van der Waals surface area contributed by atoms with Crippen LogP contribution in [0.2, 0.25) is 0 Å². The molecule has 1 fully saturated rings. The van der Waals surface area contributed by atoms with E-state index in [2.05, 4.69) is 18.2 Å². The van der Waals surface area contributed by atoms with Crippen LogP contribution in [0.15, 0.2) is 23.1 Å². The number of aryl methyl sites for hydroxylation is 1. The van der Waals surface area contributed by atoms with Crippen LogP contribution in [-0.4, -0.2) is 12.3 Å². The zero-order valence-electron chi connectivity index (χ0n) is 8.96. The molecular formula is C13H17NS. The minimum absolute atomic E-state index is 0.358. The molecule has 0 spiro atoms. The Morgan fingerprint density at radius 1 is 1.33 bits per heavy atom. The lowest BCUT2D eigenvalue weighted by molar-refractivity contribution is 0.700. The first-order valence-electron chi connectivity index (χ1n) is 5.80. The van der Waals surface area contributed by atoms with Gasteiger partial charge in [-0.15, -0.1) is 11.8 Å². The largest absolute Gasteiger partial charge is 0.330 e. The van der Waals surface area contributed by atoms with E-state index in [0.717, 1.165) is 6.54 Å². The molecule has 0 atom stereocenters. The van der Waals surface area contributed by atoms with E-state index in [4.69, 9.17) is 5.73 Å². The SMILES string of the molecule is NCC1(c2ccc3c(c2)CCCS3)CC1. The monoisotopic (exact) mass is 219 g/mol. The molecular weight excluding hydrogens is 202 g/mol. The minimum Gasteiger partial charge on any atom is -0.330 e. The first-order chi connectivity index (χ1) is 7.34. The summed E-state index contributed by atoms with van der Waals surface area (Å²) in [5.74, 6) is 1.29. The second-order valence-corrected chi connectivity index (χ2v) is 5.90. The fraction of sp³-hybridized carbons (Fsp3) is 0.538. The van der Waals surface area contributed by atoms with Gasteiger partial charge in [0.2, 0.25) is 0 Å². The number of rotatable bonds is 2. The summed E-state index contributed by atoms with van der Waals surface area (Å²) >= 11 is 2.00. The van der Waals surface area contributed by atoms with Crippen molar-refractivity contribution in [1.82, 2.24) is 0 Å². The topological polar surface area (TPSA) is 26.0 Å². The summed E-state index contributed by atoms with van der Waals surface area (Å²) in [6.45, 7) is 0.818. The molecule has 1 heterocycles. The van der Waals surface area contributed by atoms with Crippen LogP contribution >= 0.6 is 11.8 Å². The molecule has 0 radical (unpaired) electrons. The van der Waals surface area contributed by atoms with Gasteiger partial charge in [0.15, 0.2) is 0 Å². The van der Waals surface area contributed by atoms with Crippen LogP contribution in [0.3, 0.4) is 0 Å². The van der Waals surface area contributed by atoms with Gasteiger partial charge in [-0.2, -0.15) is 0 Å². The summed E-state index contributed by atoms with van der Waals surface area (Å²) in [6.07, 6.45) is 5.17. The highest BCUT2D eigenvalue weighted by Gasteiger charge is 2.42. The molecule has 1 aliphatic heterocycles. The molecule has 2 aliphatic rings. The Kier molecular flexibility index (Phi) is 2.29. The minimum atomic E-state index is 0.358. The average Bonchev–Trinajstić information content (AvgIpc) is 3.09. The van der Waals surface area contributed by atoms with Gasteiger partial charge >= 0.3 is 0 Å². The molecule has 1 nitrogen and oxygen atoms in total. The zero-order valence-corrected chi connectivity index (χ0v) is 9.78. The molecule has 1 aliphatic carbocycles. The first kappa shape index (κ1) is 9.73. The highest BCUT2D eigenvalue weighted by atomic mass is 32.2. The number of fused-ring (bicyclic) bond motifs is 1. The summed E-state index contributed by atoms with van der Waals surface area (Å²) in [5, 5.41) is 0. The number of hydrogen-bond donors (Lipinski definition) is 1. The highest BCUT2D eigenvalue weighted by Crippen LogP contribution is 2.48. The number of hydrogen-bond acceptors (Lipinski definition) is 2. The van der Waals surface area contributed by atoms with Gasteiger partial charge < -0.3 is 5.73 Å². The molecule has 0 saturated heterocycles. The molecule has 0 unspecified atom stereocenters. The van der Waals surface area contributed by atoms with Crippen molar-refractivity contribution in [3.05, 3.63) is 29.3 Å².